The fourth-order valence-electron chi connectivity index (χ4n) is 3.73. The number of hydrogen-bond donors (Lipinski definition) is 0. The van der Waals surface area contributed by atoms with E-state index in [0.29, 0.717) is 12.0 Å². The fraction of sp³-hybridized carbons (Fsp3) is 0.706. The monoisotopic (exact) mass is 314 g/mol. The Morgan fingerprint density at radius 3 is 2.61 bits per heavy atom. The van der Waals surface area contributed by atoms with Gasteiger partial charge in [0, 0.05) is 24.4 Å². The van der Waals surface area contributed by atoms with Crippen LogP contribution in [0.5, 0.6) is 0 Å². The first-order valence-corrected chi connectivity index (χ1v) is 8.97. The average Bonchev–Trinajstić information content (AvgIpc) is 3.11. The van der Waals surface area contributed by atoms with E-state index in [-0.39, 0.29) is 0 Å². The molecule has 1 aliphatic heterocycles. The van der Waals surface area contributed by atoms with Crippen molar-refractivity contribution >= 4 is 0 Å². The van der Waals surface area contributed by atoms with Crippen LogP contribution in [0.25, 0.3) is 0 Å². The third kappa shape index (κ3) is 3.17. The molecule has 4 rings (SSSR count). The van der Waals surface area contributed by atoms with Gasteiger partial charge in [0.1, 0.15) is 5.82 Å². The topological polar surface area (TPSA) is 51.8 Å². The average molecular weight is 314 g/mol. The zero-order valence-electron chi connectivity index (χ0n) is 13.9. The van der Waals surface area contributed by atoms with Crippen LogP contribution in [0.15, 0.2) is 18.7 Å². The Bertz CT molecular complexity index is 620. The summed E-state index contributed by atoms with van der Waals surface area (Å²) in [6.45, 7) is 6.67. The number of hydrogen-bond acceptors (Lipinski definition) is 4. The molecule has 124 valence electrons. The zero-order valence-corrected chi connectivity index (χ0v) is 13.9. The van der Waals surface area contributed by atoms with E-state index in [1.807, 2.05) is 18.7 Å². The maximum absolute atomic E-state index is 4.61. The number of nitrogens with zero attached hydrogens (tertiary/aromatic N) is 6. The van der Waals surface area contributed by atoms with Crippen molar-refractivity contribution in [3.63, 3.8) is 0 Å². The van der Waals surface area contributed by atoms with Crippen molar-refractivity contribution in [1.82, 2.24) is 29.2 Å². The molecule has 6 heteroatoms. The van der Waals surface area contributed by atoms with E-state index in [9.17, 15) is 0 Å². The fourth-order valence-corrected chi connectivity index (χ4v) is 3.73. The summed E-state index contributed by atoms with van der Waals surface area (Å²) in [7, 11) is 0. The second kappa shape index (κ2) is 6.43. The van der Waals surface area contributed by atoms with E-state index in [0.717, 1.165) is 12.4 Å². The zero-order chi connectivity index (χ0) is 15.6. The summed E-state index contributed by atoms with van der Waals surface area (Å²) in [5, 5.41) is 9.15. The Hall–Kier alpha value is -1.69. The molecule has 2 aliphatic rings. The summed E-state index contributed by atoms with van der Waals surface area (Å²) in [5.74, 6) is 2.91. The molecule has 0 radical (unpaired) electrons. The van der Waals surface area contributed by atoms with Crippen molar-refractivity contribution in [1.29, 1.82) is 0 Å². The lowest BCUT2D eigenvalue weighted by Gasteiger charge is -2.31. The number of likely N-dealkylation sites (tertiary alicyclic amines) is 1. The molecule has 23 heavy (non-hydrogen) atoms. The van der Waals surface area contributed by atoms with Gasteiger partial charge in [-0.25, -0.2) is 4.98 Å². The van der Waals surface area contributed by atoms with Crippen LogP contribution in [-0.4, -0.2) is 48.8 Å². The number of rotatable bonds is 6. The molecule has 1 saturated heterocycles. The van der Waals surface area contributed by atoms with Crippen molar-refractivity contribution in [3.05, 3.63) is 30.4 Å². The highest BCUT2D eigenvalue weighted by Crippen LogP contribution is 2.39. The van der Waals surface area contributed by atoms with Crippen LogP contribution < -0.4 is 0 Å². The lowest BCUT2D eigenvalue weighted by atomic mass is 9.95. The van der Waals surface area contributed by atoms with Gasteiger partial charge in [0.2, 0.25) is 0 Å². The van der Waals surface area contributed by atoms with E-state index >= 15 is 0 Å². The Balaban J connectivity index is 1.51. The third-order valence-corrected chi connectivity index (χ3v) is 5.08. The molecule has 0 aromatic carbocycles. The second-order valence-corrected chi connectivity index (χ2v) is 6.93. The van der Waals surface area contributed by atoms with Crippen LogP contribution in [0.2, 0.25) is 0 Å². The third-order valence-electron chi connectivity index (χ3n) is 5.08. The van der Waals surface area contributed by atoms with E-state index < -0.39 is 0 Å². The molecule has 0 unspecified atom stereocenters. The number of imidazole rings is 1. The van der Waals surface area contributed by atoms with Crippen LogP contribution in [-0.2, 0) is 6.54 Å². The van der Waals surface area contributed by atoms with Gasteiger partial charge in [-0.1, -0.05) is 6.92 Å². The summed E-state index contributed by atoms with van der Waals surface area (Å²) in [6.07, 6.45) is 11.9. The molecular weight excluding hydrogens is 288 g/mol. The van der Waals surface area contributed by atoms with Gasteiger partial charge in [-0.2, -0.15) is 0 Å². The first-order valence-electron chi connectivity index (χ1n) is 8.97. The van der Waals surface area contributed by atoms with Gasteiger partial charge in [-0.05, 0) is 51.7 Å². The van der Waals surface area contributed by atoms with Gasteiger partial charge in [0.05, 0.1) is 12.9 Å². The molecule has 0 amide bonds. The van der Waals surface area contributed by atoms with Gasteiger partial charge in [-0.15, -0.1) is 10.2 Å². The SMILES string of the molecule is CCCN1CCC(c2nnc(Cn3ccnc3)n2C2CC2)CC1. The molecule has 0 atom stereocenters. The van der Waals surface area contributed by atoms with E-state index in [1.165, 1.54) is 57.6 Å². The predicted octanol–water partition coefficient (Wildman–Crippen LogP) is 2.45. The van der Waals surface area contributed by atoms with Crippen molar-refractivity contribution < 1.29 is 0 Å². The minimum atomic E-state index is 0.577. The van der Waals surface area contributed by atoms with Crippen molar-refractivity contribution in [2.45, 2.75) is 57.5 Å². The lowest BCUT2D eigenvalue weighted by Crippen LogP contribution is -2.34. The van der Waals surface area contributed by atoms with E-state index in [4.69, 9.17) is 0 Å². The quantitative estimate of drug-likeness (QED) is 0.822. The summed E-state index contributed by atoms with van der Waals surface area (Å²) in [5.41, 5.74) is 0. The smallest absolute Gasteiger partial charge is 0.153 e. The Morgan fingerprint density at radius 2 is 1.96 bits per heavy atom. The molecule has 0 spiro atoms. The Kier molecular flexibility index (Phi) is 4.16. The van der Waals surface area contributed by atoms with Crippen molar-refractivity contribution in [2.24, 2.45) is 0 Å². The van der Waals surface area contributed by atoms with Gasteiger partial charge < -0.3 is 14.0 Å². The van der Waals surface area contributed by atoms with Crippen molar-refractivity contribution in [2.75, 3.05) is 19.6 Å². The molecule has 0 N–H and O–H groups in total. The highest BCUT2D eigenvalue weighted by molar-refractivity contribution is 5.09. The molecule has 0 bridgehead atoms. The Labute approximate surface area is 137 Å². The normalized spacial score (nSPS) is 20.2. The molecule has 2 fully saturated rings. The van der Waals surface area contributed by atoms with Crippen LogP contribution >= 0.6 is 0 Å². The van der Waals surface area contributed by atoms with Gasteiger partial charge >= 0.3 is 0 Å². The van der Waals surface area contributed by atoms with Gasteiger partial charge in [0.25, 0.3) is 0 Å². The summed E-state index contributed by atoms with van der Waals surface area (Å²) < 4.78 is 4.52. The van der Waals surface area contributed by atoms with Gasteiger partial charge in [0.15, 0.2) is 5.82 Å². The molecule has 2 aromatic rings. The predicted molar refractivity (Wildman–Crippen MR) is 88.3 cm³/mol. The Morgan fingerprint density at radius 1 is 1.13 bits per heavy atom. The minimum absolute atomic E-state index is 0.577. The molecule has 3 heterocycles. The molecule has 1 saturated carbocycles. The summed E-state index contributed by atoms with van der Waals surface area (Å²) in [6, 6.07) is 0.632. The van der Waals surface area contributed by atoms with E-state index in [1.54, 1.807) is 0 Å². The highest BCUT2D eigenvalue weighted by Gasteiger charge is 2.33. The van der Waals surface area contributed by atoms with E-state index in [2.05, 4.69) is 36.1 Å². The largest absolute Gasteiger partial charge is 0.330 e. The maximum atomic E-state index is 4.61. The molecule has 2 aromatic heterocycles. The maximum Gasteiger partial charge on any atom is 0.153 e. The lowest BCUT2D eigenvalue weighted by molar-refractivity contribution is 0.207. The molecular formula is C17H26N6. The first-order chi connectivity index (χ1) is 11.3. The van der Waals surface area contributed by atoms with Crippen LogP contribution in [0.3, 0.4) is 0 Å². The van der Waals surface area contributed by atoms with Crippen LogP contribution in [0.1, 0.15) is 62.6 Å². The number of aromatic nitrogens is 5. The first kappa shape index (κ1) is 14.9. The van der Waals surface area contributed by atoms with Crippen molar-refractivity contribution in [3.8, 4) is 0 Å². The summed E-state index contributed by atoms with van der Waals surface area (Å²) in [4.78, 5) is 6.71. The standard InChI is InChI=1S/C17H26N6/c1-2-8-21-9-5-14(6-10-21)17-20-19-16(23(17)15-3-4-15)12-22-11-7-18-13-22/h7,11,13-15H,2-6,8-10,12H2,1H3. The highest BCUT2D eigenvalue weighted by atomic mass is 15.3. The van der Waals surface area contributed by atoms with Crippen LogP contribution in [0, 0.1) is 0 Å². The number of piperidine rings is 1. The second-order valence-electron chi connectivity index (χ2n) is 6.93. The molecule has 6 nitrogen and oxygen atoms in total. The molecule has 1 aliphatic carbocycles. The minimum Gasteiger partial charge on any atom is -0.330 e. The van der Waals surface area contributed by atoms with Crippen LogP contribution in [0.4, 0.5) is 0 Å². The summed E-state index contributed by atoms with van der Waals surface area (Å²) >= 11 is 0. The van der Waals surface area contributed by atoms with Gasteiger partial charge in [-0.3, -0.25) is 0 Å².